The first kappa shape index (κ1) is 18.7. The highest BCUT2D eigenvalue weighted by molar-refractivity contribution is 7.11. The van der Waals surface area contributed by atoms with Gasteiger partial charge in [-0.2, -0.15) is 0 Å². The van der Waals surface area contributed by atoms with E-state index in [1.54, 1.807) is 17.5 Å². The molecule has 3 heterocycles. The highest BCUT2D eigenvalue weighted by atomic mass is 32.1. The molecule has 26 heavy (non-hydrogen) atoms. The van der Waals surface area contributed by atoms with E-state index in [0.717, 1.165) is 43.1 Å². The molecule has 3 rings (SSSR count). The number of nitrogens with zero attached hydrogens (tertiary/aromatic N) is 5. The number of anilines is 1. The van der Waals surface area contributed by atoms with E-state index in [1.807, 2.05) is 25.9 Å². The maximum Gasteiger partial charge on any atom is 0.265 e. The van der Waals surface area contributed by atoms with E-state index in [1.165, 1.54) is 11.3 Å². The Morgan fingerprint density at radius 2 is 2.15 bits per heavy atom. The van der Waals surface area contributed by atoms with Gasteiger partial charge in [-0.25, -0.2) is 15.0 Å². The summed E-state index contributed by atoms with van der Waals surface area (Å²) in [6, 6.07) is 2.07. The topological polar surface area (TPSA) is 74.2 Å². The minimum absolute atomic E-state index is 0.0373. The molecule has 0 spiro atoms. The number of piperidine rings is 1. The molecule has 2 aromatic rings. The van der Waals surface area contributed by atoms with Crippen molar-refractivity contribution in [2.45, 2.75) is 32.2 Å². The zero-order valence-corrected chi connectivity index (χ0v) is 16.6. The zero-order chi connectivity index (χ0) is 18.7. The van der Waals surface area contributed by atoms with Crippen LogP contribution in [-0.2, 0) is 6.54 Å². The lowest BCUT2D eigenvalue weighted by Gasteiger charge is -2.24. The van der Waals surface area contributed by atoms with Crippen molar-refractivity contribution in [3.63, 3.8) is 0 Å². The summed E-state index contributed by atoms with van der Waals surface area (Å²) >= 11 is 1.37. The molecule has 1 atom stereocenters. The largest absolute Gasteiger partial charge is 0.363 e. The minimum atomic E-state index is -0.0373. The molecular formula is C18H26N6OS. The second-order valence-electron chi connectivity index (χ2n) is 6.93. The molecule has 1 amide bonds. The maximum atomic E-state index is 12.7. The van der Waals surface area contributed by atoms with Crippen molar-refractivity contribution >= 4 is 23.1 Å². The van der Waals surface area contributed by atoms with Gasteiger partial charge < -0.3 is 15.1 Å². The summed E-state index contributed by atoms with van der Waals surface area (Å²) < 4.78 is 0. The van der Waals surface area contributed by atoms with Gasteiger partial charge in [-0.05, 0) is 26.3 Å². The van der Waals surface area contributed by atoms with Crippen LogP contribution in [0.15, 0.2) is 11.6 Å². The molecule has 0 aliphatic carbocycles. The molecule has 0 radical (unpaired) electrons. The average Bonchev–Trinajstić information content (AvgIpc) is 3.07. The smallest absolute Gasteiger partial charge is 0.265 e. The van der Waals surface area contributed by atoms with Crippen molar-refractivity contribution in [2.75, 3.05) is 39.1 Å². The van der Waals surface area contributed by atoms with E-state index in [2.05, 4.69) is 21.4 Å². The van der Waals surface area contributed by atoms with Gasteiger partial charge in [0.15, 0.2) is 0 Å². The van der Waals surface area contributed by atoms with Crippen LogP contribution < -0.4 is 10.2 Å². The normalized spacial score (nSPS) is 17.2. The maximum absolute atomic E-state index is 12.7. The van der Waals surface area contributed by atoms with Crippen LogP contribution in [0.25, 0.3) is 0 Å². The highest BCUT2D eigenvalue weighted by Gasteiger charge is 2.21. The lowest BCUT2D eigenvalue weighted by atomic mass is 9.96. The number of carbonyl (C=O) groups excluding carboxylic acids is 1. The Labute approximate surface area is 158 Å². The predicted octanol–water partition coefficient (Wildman–Crippen LogP) is 2.05. The SMILES string of the molecule is Cc1ncsc1C(=O)N(C)Cc1nc([C@H]2CCCNC2)cc(N(C)C)n1. The molecule has 0 aromatic carbocycles. The Balaban J connectivity index is 1.82. The summed E-state index contributed by atoms with van der Waals surface area (Å²) in [6.07, 6.45) is 2.29. The molecule has 140 valence electrons. The third-order valence-electron chi connectivity index (χ3n) is 4.62. The Bertz CT molecular complexity index is 769. The first-order valence-corrected chi connectivity index (χ1v) is 9.75. The molecule has 0 saturated carbocycles. The van der Waals surface area contributed by atoms with Crippen LogP contribution in [0.2, 0.25) is 0 Å². The van der Waals surface area contributed by atoms with Crippen LogP contribution in [0.1, 0.15) is 45.6 Å². The Morgan fingerprint density at radius 1 is 1.35 bits per heavy atom. The van der Waals surface area contributed by atoms with E-state index < -0.39 is 0 Å². The first-order valence-electron chi connectivity index (χ1n) is 8.87. The van der Waals surface area contributed by atoms with Crippen molar-refractivity contribution in [1.82, 2.24) is 25.2 Å². The molecule has 1 aliphatic heterocycles. The summed E-state index contributed by atoms with van der Waals surface area (Å²) in [6.45, 7) is 4.25. The van der Waals surface area contributed by atoms with Crippen LogP contribution in [0, 0.1) is 6.92 Å². The van der Waals surface area contributed by atoms with Gasteiger partial charge in [0.05, 0.1) is 23.4 Å². The monoisotopic (exact) mass is 374 g/mol. The lowest BCUT2D eigenvalue weighted by Crippen LogP contribution is -2.30. The third kappa shape index (κ3) is 4.19. The summed E-state index contributed by atoms with van der Waals surface area (Å²) in [4.78, 5) is 30.6. The number of aromatic nitrogens is 3. The molecule has 8 heteroatoms. The van der Waals surface area contributed by atoms with Gasteiger partial charge in [-0.3, -0.25) is 4.79 Å². The van der Waals surface area contributed by atoms with Crippen molar-refractivity contribution < 1.29 is 4.79 Å². The van der Waals surface area contributed by atoms with Gasteiger partial charge in [-0.15, -0.1) is 11.3 Å². The molecule has 0 unspecified atom stereocenters. The number of amides is 1. The van der Waals surface area contributed by atoms with Crippen LogP contribution in [0.3, 0.4) is 0 Å². The van der Waals surface area contributed by atoms with Gasteiger partial charge >= 0.3 is 0 Å². The van der Waals surface area contributed by atoms with Crippen LogP contribution in [0.4, 0.5) is 5.82 Å². The summed E-state index contributed by atoms with van der Waals surface area (Å²) in [5.41, 5.74) is 3.53. The minimum Gasteiger partial charge on any atom is -0.363 e. The second-order valence-corrected chi connectivity index (χ2v) is 7.79. The fraction of sp³-hybridized carbons (Fsp3) is 0.556. The number of nitrogens with one attached hydrogen (secondary N) is 1. The van der Waals surface area contributed by atoms with E-state index in [9.17, 15) is 4.79 Å². The number of hydrogen-bond donors (Lipinski definition) is 1. The van der Waals surface area contributed by atoms with E-state index >= 15 is 0 Å². The Kier molecular flexibility index (Phi) is 5.83. The van der Waals surface area contributed by atoms with Gasteiger partial charge in [0.2, 0.25) is 0 Å². The molecule has 7 nitrogen and oxygen atoms in total. The molecule has 0 bridgehead atoms. The van der Waals surface area contributed by atoms with E-state index in [-0.39, 0.29) is 5.91 Å². The third-order valence-corrected chi connectivity index (χ3v) is 5.53. The van der Waals surface area contributed by atoms with Crippen molar-refractivity contribution in [3.05, 3.63) is 33.7 Å². The number of hydrogen-bond acceptors (Lipinski definition) is 7. The summed E-state index contributed by atoms with van der Waals surface area (Å²) in [7, 11) is 5.74. The average molecular weight is 375 g/mol. The standard InChI is InChI=1S/C18H26N6OS/c1-12-17(26-11-20-12)18(25)24(4)10-15-21-14(8-16(22-15)23(2)3)13-6-5-7-19-9-13/h8,11,13,19H,5-7,9-10H2,1-4H3/t13-/m0/s1. The molecule has 2 aromatic heterocycles. The summed E-state index contributed by atoms with van der Waals surface area (Å²) in [5.74, 6) is 1.92. The quantitative estimate of drug-likeness (QED) is 0.863. The predicted molar refractivity (Wildman–Crippen MR) is 104 cm³/mol. The molecule has 1 saturated heterocycles. The highest BCUT2D eigenvalue weighted by Crippen LogP contribution is 2.24. The summed E-state index contributed by atoms with van der Waals surface area (Å²) in [5, 5.41) is 3.44. The Hall–Kier alpha value is -2.06. The van der Waals surface area contributed by atoms with Crippen LogP contribution in [0.5, 0.6) is 0 Å². The fourth-order valence-corrected chi connectivity index (χ4v) is 3.88. The van der Waals surface area contributed by atoms with Crippen molar-refractivity contribution in [2.24, 2.45) is 0 Å². The molecule has 1 fully saturated rings. The van der Waals surface area contributed by atoms with Gasteiger partial charge in [-0.1, -0.05) is 0 Å². The van der Waals surface area contributed by atoms with Crippen molar-refractivity contribution in [1.29, 1.82) is 0 Å². The molecular weight excluding hydrogens is 348 g/mol. The number of rotatable bonds is 5. The fourth-order valence-electron chi connectivity index (χ4n) is 3.08. The van der Waals surface area contributed by atoms with E-state index in [4.69, 9.17) is 4.98 Å². The van der Waals surface area contributed by atoms with Gasteiger partial charge in [0, 0.05) is 39.7 Å². The van der Waals surface area contributed by atoms with Crippen LogP contribution in [-0.4, -0.2) is 60.0 Å². The first-order chi connectivity index (χ1) is 12.5. The van der Waals surface area contributed by atoms with Crippen LogP contribution >= 0.6 is 11.3 Å². The van der Waals surface area contributed by atoms with E-state index in [0.29, 0.717) is 23.2 Å². The molecule has 1 N–H and O–H groups in total. The second kappa shape index (κ2) is 8.09. The number of aryl methyl sites for hydroxylation is 1. The van der Waals surface area contributed by atoms with Gasteiger partial charge in [0.25, 0.3) is 5.91 Å². The van der Waals surface area contributed by atoms with Gasteiger partial charge in [0.1, 0.15) is 16.5 Å². The lowest BCUT2D eigenvalue weighted by molar-refractivity contribution is 0.0785. The van der Waals surface area contributed by atoms with Crippen molar-refractivity contribution in [3.8, 4) is 0 Å². The zero-order valence-electron chi connectivity index (χ0n) is 15.8. The Morgan fingerprint density at radius 3 is 2.77 bits per heavy atom. The molecule has 1 aliphatic rings. The number of carbonyl (C=O) groups is 1. The number of thiazole rings is 1.